The van der Waals surface area contributed by atoms with Gasteiger partial charge in [-0.3, -0.25) is 10.2 Å². The van der Waals surface area contributed by atoms with Gasteiger partial charge in [-0.2, -0.15) is 0 Å². The highest BCUT2D eigenvalue weighted by molar-refractivity contribution is 5.68. The zero-order chi connectivity index (χ0) is 14.8. The summed E-state index contributed by atoms with van der Waals surface area (Å²) in [6.07, 6.45) is 4.33. The van der Waals surface area contributed by atoms with Crippen LogP contribution in [0.25, 0.3) is 0 Å². The Hall–Kier alpha value is -0.850. The number of nitrogens with two attached hydrogens (primary N) is 1. The van der Waals surface area contributed by atoms with Crippen molar-refractivity contribution in [3.05, 3.63) is 0 Å². The van der Waals surface area contributed by atoms with Gasteiger partial charge >= 0.3 is 6.09 Å². The van der Waals surface area contributed by atoms with E-state index in [0.29, 0.717) is 6.17 Å². The molecule has 2 rings (SSSR count). The lowest BCUT2D eigenvalue weighted by atomic mass is 10.0. The largest absolute Gasteiger partial charge is 0.444 e. The number of likely N-dealkylation sites (tertiary alicyclic amines) is 1. The maximum Gasteiger partial charge on any atom is 0.407 e. The fourth-order valence-electron chi connectivity index (χ4n) is 2.87. The molecule has 0 radical (unpaired) electrons. The third-order valence-corrected chi connectivity index (χ3v) is 3.85. The Bertz CT molecular complexity index is 335. The van der Waals surface area contributed by atoms with E-state index in [9.17, 15) is 4.79 Å². The van der Waals surface area contributed by atoms with Gasteiger partial charge in [-0.05, 0) is 46.5 Å². The van der Waals surface area contributed by atoms with Crippen LogP contribution >= 0.6 is 0 Å². The molecule has 116 valence electrons. The van der Waals surface area contributed by atoms with Crippen molar-refractivity contribution < 1.29 is 9.53 Å². The fourth-order valence-corrected chi connectivity index (χ4v) is 2.87. The van der Waals surface area contributed by atoms with Gasteiger partial charge in [-0.15, -0.1) is 0 Å². The van der Waals surface area contributed by atoms with E-state index in [0.717, 1.165) is 38.8 Å². The average molecular weight is 284 g/mol. The predicted octanol–water partition coefficient (Wildman–Crippen LogP) is 0.970. The molecular weight excluding hydrogens is 256 g/mol. The number of nitrogens with zero attached hydrogens (tertiary/aromatic N) is 1. The van der Waals surface area contributed by atoms with Gasteiger partial charge in [0.1, 0.15) is 5.60 Å². The van der Waals surface area contributed by atoms with Gasteiger partial charge in [-0.25, -0.2) is 4.79 Å². The zero-order valence-electron chi connectivity index (χ0n) is 12.8. The molecular formula is C14H28N4O2. The summed E-state index contributed by atoms with van der Waals surface area (Å²) in [7, 11) is 0. The maximum atomic E-state index is 11.7. The number of alkyl carbamates (subject to hydrolysis) is 1. The number of carbonyl (C=O) groups is 1. The molecule has 20 heavy (non-hydrogen) atoms. The second kappa shape index (κ2) is 6.28. The van der Waals surface area contributed by atoms with Crippen LogP contribution in [0.4, 0.5) is 4.79 Å². The lowest BCUT2D eigenvalue weighted by Crippen LogP contribution is -2.52. The highest BCUT2D eigenvalue weighted by atomic mass is 16.6. The van der Waals surface area contributed by atoms with Gasteiger partial charge in [0.15, 0.2) is 0 Å². The molecule has 2 aliphatic heterocycles. The number of hydrogen-bond donors (Lipinski definition) is 3. The molecule has 6 heteroatoms. The van der Waals surface area contributed by atoms with Crippen LogP contribution in [0, 0.1) is 0 Å². The van der Waals surface area contributed by atoms with E-state index in [1.54, 1.807) is 0 Å². The molecule has 0 saturated carbocycles. The molecule has 4 N–H and O–H groups in total. The second-order valence-corrected chi connectivity index (χ2v) is 6.82. The minimum atomic E-state index is -0.436. The van der Waals surface area contributed by atoms with Crippen LogP contribution in [0.15, 0.2) is 0 Å². The van der Waals surface area contributed by atoms with Crippen LogP contribution in [0.1, 0.15) is 46.5 Å². The molecule has 2 aliphatic rings. The lowest BCUT2D eigenvalue weighted by Gasteiger charge is -2.36. The van der Waals surface area contributed by atoms with Gasteiger partial charge in [-0.1, -0.05) is 0 Å². The maximum absolute atomic E-state index is 11.7. The topological polar surface area (TPSA) is 79.6 Å². The van der Waals surface area contributed by atoms with E-state index in [1.807, 2.05) is 20.8 Å². The normalized spacial score (nSPS) is 29.4. The molecule has 0 aromatic carbocycles. The van der Waals surface area contributed by atoms with E-state index in [-0.39, 0.29) is 18.3 Å². The molecule has 2 heterocycles. The highest BCUT2D eigenvalue weighted by Gasteiger charge is 2.30. The first-order valence-electron chi connectivity index (χ1n) is 7.59. The molecule has 0 bridgehead atoms. The summed E-state index contributed by atoms with van der Waals surface area (Å²) in [4.78, 5) is 14.2. The van der Waals surface area contributed by atoms with Crippen molar-refractivity contribution in [2.75, 3.05) is 13.1 Å². The number of nitrogens with one attached hydrogen (secondary N) is 2. The van der Waals surface area contributed by atoms with Gasteiger partial charge in [0, 0.05) is 19.1 Å². The van der Waals surface area contributed by atoms with Crippen molar-refractivity contribution in [3.8, 4) is 0 Å². The number of piperidine rings is 1. The summed E-state index contributed by atoms with van der Waals surface area (Å²) >= 11 is 0. The van der Waals surface area contributed by atoms with Crippen LogP contribution < -0.4 is 16.4 Å². The molecule has 0 aliphatic carbocycles. The van der Waals surface area contributed by atoms with Crippen molar-refractivity contribution in [1.82, 2.24) is 15.5 Å². The summed E-state index contributed by atoms with van der Waals surface area (Å²) in [5, 5.41) is 6.36. The minimum absolute atomic E-state index is 0.137. The molecule has 2 atom stereocenters. The summed E-state index contributed by atoms with van der Waals surface area (Å²) in [5.41, 5.74) is 5.44. The van der Waals surface area contributed by atoms with Crippen molar-refractivity contribution in [2.45, 2.75) is 70.4 Å². The monoisotopic (exact) mass is 284 g/mol. The number of ether oxygens (including phenoxy) is 1. The smallest absolute Gasteiger partial charge is 0.407 e. The third kappa shape index (κ3) is 4.61. The van der Waals surface area contributed by atoms with Crippen LogP contribution in [-0.4, -0.2) is 48.1 Å². The Morgan fingerprint density at radius 1 is 1.25 bits per heavy atom. The molecule has 6 nitrogen and oxygen atoms in total. The van der Waals surface area contributed by atoms with Crippen LogP contribution in [0.5, 0.6) is 0 Å². The van der Waals surface area contributed by atoms with E-state index in [2.05, 4.69) is 15.5 Å². The van der Waals surface area contributed by atoms with Gasteiger partial charge < -0.3 is 15.8 Å². The average Bonchev–Trinajstić information content (AvgIpc) is 2.74. The molecule has 2 saturated heterocycles. The van der Waals surface area contributed by atoms with E-state index < -0.39 is 5.60 Å². The minimum Gasteiger partial charge on any atom is -0.444 e. The molecule has 0 aromatic heterocycles. The fraction of sp³-hybridized carbons (Fsp3) is 0.929. The lowest BCUT2D eigenvalue weighted by molar-refractivity contribution is 0.0464. The number of hydrogen-bond acceptors (Lipinski definition) is 5. The number of amides is 1. The van der Waals surface area contributed by atoms with Gasteiger partial charge in [0.05, 0.1) is 12.3 Å². The SMILES string of the molecule is CC(C)(C)OC(=O)NC1CCN(C2CCC(N)N2)CC1. The Kier molecular flexibility index (Phi) is 4.88. The summed E-state index contributed by atoms with van der Waals surface area (Å²) < 4.78 is 5.29. The zero-order valence-corrected chi connectivity index (χ0v) is 12.8. The molecule has 0 spiro atoms. The first-order valence-corrected chi connectivity index (χ1v) is 7.59. The van der Waals surface area contributed by atoms with Gasteiger partial charge in [0.25, 0.3) is 0 Å². The molecule has 2 unspecified atom stereocenters. The van der Waals surface area contributed by atoms with E-state index in [4.69, 9.17) is 10.5 Å². The molecule has 0 aromatic rings. The Labute approximate surface area is 121 Å². The first kappa shape index (κ1) is 15.5. The van der Waals surface area contributed by atoms with E-state index >= 15 is 0 Å². The Morgan fingerprint density at radius 3 is 2.40 bits per heavy atom. The third-order valence-electron chi connectivity index (χ3n) is 3.85. The van der Waals surface area contributed by atoms with E-state index in [1.165, 1.54) is 0 Å². The van der Waals surface area contributed by atoms with Crippen molar-refractivity contribution >= 4 is 6.09 Å². The van der Waals surface area contributed by atoms with Crippen LogP contribution in [-0.2, 0) is 4.74 Å². The second-order valence-electron chi connectivity index (χ2n) is 6.82. The van der Waals surface area contributed by atoms with Crippen molar-refractivity contribution in [1.29, 1.82) is 0 Å². The Morgan fingerprint density at radius 2 is 1.90 bits per heavy atom. The standard InChI is InChI=1S/C14H28N4O2/c1-14(2,3)20-13(19)16-10-6-8-18(9-7-10)12-5-4-11(15)17-12/h10-12,17H,4-9,15H2,1-3H3,(H,16,19). The van der Waals surface area contributed by atoms with Crippen molar-refractivity contribution in [3.63, 3.8) is 0 Å². The van der Waals surface area contributed by atoms with Crippen LogP contribution in [0.2, 0.25) is 0 Å². The summed E-state index contributed by atoms with van der Waals surface area (Å²) in [6, 6.07) is 0.219. The number of carbonyl (C=O) groups excluding carboxylic acids is 1. The highest BCUT2D eigenvalue weighted by Crippen LogP contribution is 2.19. The van der Waals surface area contributed by atoms with Crippen molar-refractivity contribution in [2.24, 2.45) is 5.73 Å². The molecule has 1 amide bonds. The Balaban J connectivity index is 1.70. The van der Waals surface area contributed by atoms with Crippen LogP contribution in [0.3, 0.4) is 0 Å². The predicted molar refractivity (Wildman–Crippen MR) is 78.1 cm³/mol. The quantitative estimate of drug-likeness (QED) is 0.704. The molecule has 2 fully saturated rings. The van der Waals surface area contributed by atoms with Gasteiger partial charge in [0.2, 0.25) is 0 Å². The number of rotatable bonds is 2. The first-order chi connectivity index (χ1) is 9.33. The summed E-state index contributed by atoms with van der Waals surface area (Å²) in [5.74, 6) is 0. The summed E-state index contributed by atoms with van der Waals surface area (Å²) in [6.45, 7) is 7.62.